The number of carbonyl (C=O) groups excluding carboxylic acids is 3. The van der Waals surface area contributed by atoms with Gasteiger partial charge in [-0.15, -0.1) is 0 Å². The molecule has 0 radical (unpaired) electrons. The smallest absolute Gasteiger partial charge is 0.234 e. The van der Waals surface area contributed by atoms with E-state index in [4.69, 9.17) is 0 Å². The van der Waals surface area contributed by atoms with Crippen LogP contribution in [0.3, 0.4) is 0 Å². The third kappa shape index (κ3) is 2.82. The molecule has 2 aliphatic heterocycles. The van der Waals surface area contributed by atoms with E-state index in [1.807, 2.05) is 24.3 Å². The van der Waals surface area contributed by atoms with Gasteiger partial charge in [0.2, 0.25) is 11.8 Å². The third-order valence-electron chi connectivity index (χ3n) is 4.32. The molecule has 2 amide bonds. The van der Waals surface area contributed by atoms with Gasteiger partial charge in [-0.1, -0.05) is 12.1 Å². The van der Waals surface area contributed by atoms with E-state index in [0.29, 0.717) is 12.8 Å². The molecular formula is C16H18N2O3. The van der Waals surface area contributed by atoms with E-state index in [1.54, 1.807) is 0 Å². The Hall–Kier alpha value is -2.17. The van der Waals surface area contributed by atoms with Crippen LogP contribution in [0.25, 0.3) is 0 Å². The molecule has 110 valence electrons. The first-order valence-electron chi connectivity index (χ1n) is 7.31. The highest BCUT2D eigenvalue weighted by molar-refractivity contribution is 6.00. The second kappa shape index (κ2) is 5.68. The monoisotopic (exact) mass is 286 g/mol. The van der Waals surface area contributed by atoms with Gasteiger partial charge in [-0.25, -0.2) is 0 Å². The summed E-state index contributed by atoms with van der Waals surface area (Å²) in [5.74, 6) is -0.510. The number of rotatable bonds is 3. The van der Waals surface area contributed by atoms with Gasteiger partial charge >= 0.3 is 0 Å². The fourth-order valence-corrected chi connectivity index (χ4v) is 3.06. The van der Waals surface area contributed by atoms with Crippen LogP contribution in [0.5, 0.6) is 0 Å². The molecule has 0 aromatic heterocycles. The minimum atomic E-state index is -0.238. The Morgan fingerprint density at radius 3 is 2.52 bits per heavy atom. The number of amides is 2. The molecule has 2 saturated heterocycles. The zero-order chi connectivity index (χ0) is 14.8. The Labute approximate surface area is 123 Å². The molecule has 2 unspecified atom stereocenters. The van der Waals surface area contributed by atoms with Gasteiger partial charge in [0.1, 0.15) is 6.29 Å². The molecule has 2 fully saturated rings. The van der Waals surface area contributed by atoms with E-state index >= 15 is 0 Å². The molecule has 21 heavy (non-hydrogen) atoms. The van der Waals surface area contributed by atoms with Crippen LogP contribution < -0.4 is 10.2 Å². The van der Waals surface area contributed by atoms with Crippen molar-refractivity contribution in [2.75, 3.05) is 18.0 Å². The SMILES string of the molecule is O=CC1CCN(c2ccc(C3CCC(=O)NC3=O)cc2)C1. The summed E-state index contributed by atoms with van der Waals surface area (Å²) in [5, 5.41) is 2.38. The minimum absolute atomic E-state index is 0.125. The quantitative estimate of drug-likeness (QED) is 0.670. The number of hydrogen-bond donors (Lipinski definition) is 1. The molecule has 3 rings (SSSR count). The average Bonchev–Trinajstić information content (AvgIpc) is 2.96. The maximum atomic E-state index is 11.8. The van der Waals surface area contributed by atoms with Gasteiger partial charge in [0.05, 0.1) is 5.92 Å². The highest BCUT2D eigenvalue weighted by atomic mass is 16.2. The van der Waals surface area contributed by atoms with Crippen LogP contribution in [0.1, 0.15) is 30.7 Å². The lowest BCUT2D eigenvalue weighted by Gasteiger charge is -2.22. The normalized spacial score (nSPS) is 25.8. The number of hydrogen-bond acceptors (Lipinski definition) is 4. The number of anilines is 1. The van der Waals surface area contributed by atoms with Crippen LogP contribution in [-0.2, 0) is 14.4 Å². The first-order valence-corrected chi connectivity index (χ1v) is 7.31. The molecule has 2 atom stereocenters. The van der Waals surface area contributed by atoms with E-state index < -0.39 is 0 Å². The van der Waals surface area contributed by atoms with Gasteiger partial charge in [0.15, 0.2) is 0 Å². The Kier molecular flexibility index (Phi) is 3.73. The number of benzene rings is 1. The van der Waals surface area contributed by atoms with Crippen molar-refractivity contribution in [3.8, 4) is 0 Å². The summed E-state index contributed by atoms with van der Waals surface area (Å²) in [5.41, 5.74) is 2.02. The van der Waals surface area contributed by atoms with Crippen LogP contribution in [-0.4, -0.2) is 31.2 Å². The van der Waals surface area contributed by atoms with Gasteiger partial charge in [0, 0.05) is 31.1 Å². The summed E-state index contributed by atoms with van der Waals surface area (Å²) in [4.78, 5) is 36.0. The molecule has 0 bridgehead atoms. The maximum Gasteiger partial charge on any atom is 0.234 e. The summed E-state index contributed by atoms with van der Waals surface area (Å²) in [7, 11) is 0. The van der Waals surface area contributed by atoms with Gasteiger partial charge in [-0.05, 0) is 30.5 Å². The van der Waals surface area contributed by atoms with E-state index in [1.165, 1.54) is 0 Å². The zero-order valence-electron chi connectivity index (χ0n) is 11.7. The number of piperidine rings is 1. The molecule has 1 aromatic rings. The van der Waals surface area contributed by atoms with Crippen LogP contribution in [0.15, 0.2) is 24.3 Å². The van der Waals surface area contributed by atoms with Gasteiger partial charge in [-0.3, -0.25) is 14.9 Å². The first-order chi connectivity index (χ1) is 10.2. The fraction of sp³-hybridized carbons (Fsp3) is 0.438. The maximum absolute atomic E-state index is 11.8. The lowest BCUT2D eigenvalue weighted by Crippen LogP contribution is -2.39. The second-order valence-corrected chi connectivity index (χ2v) is 5.73. The van der Waals surface area contributed by atoms with Gasteiger partial charge < -0.3 is 9.69 Å². The van der Waals surface area contributed by atoms with Gasteiger partial charge in [0.25, 0.3) is 0 Å². The topological polar surface area (TPSA) is 66.5 Å². The molecule has 5 heteroatoms. The molecular weight excluding hydrogens is 268 g/mol. The van der Waals surface area contributed by atoms with Crippen molar-refractivity contribution in [1.82, 2.24) is 5.32 Å². The summed E-state index contributed by atoms with van der Waals surface area (Å²) < 4.78 is 0. The predicted octanol–water partition coefficient (Wildman–Crippen LogP) is 1.23. The van der Waals surface area contributed by atoms with Crippen molar-refractivity contribution in [2.45, 2.75) is 25.2 Å². The Balaban J connectivity index is 1.71. The summed E-state index contributed by atoms with van der Waals surface area (Å²) in [6.45, 7) is 1.66. The van der Waals surface area contributed by atoms with E-state index in [0.717, 1.165) is 37.0 Å². The Morgan fingerprint density at radius 2 is 1.90 bits per heavy atom. The van der Waals surface area contributed by atoms with Crippen LogP contribution >= 0.6 is 0 Å². The van der Waals surface area contributed by atoms with Crippen molar-refractivity contribution in [3.63, 3.8) is 0 Å². The molecule has 2 heterocycles. The lowest BCUT2D eigenvalue weighted by molar-refractivity contribution is -0.134. The average molecular weight is 286 g/mol. The summed E-state index contributed by atoms with van der Waals surface area (Å²) in [6, 6.07) is 7.88. The predicted molar refractivity (Wildman–Crippen MR) is 78.0 cm³/mol. The van der Waals surface area contributed by atoms with Crippen molar-refractivity contribution in [3.05, 3.63) is 29.8 Å². The largest absolute Gasteiger partial charge is 0.371 e. The van der Waals surface area contributed by atoms with E-state index in [9.17, 15) is 14.4 Å². The number of nitrogens with one attached hydrogen (secondary N) is 1. The second-order valence-electron chi connectivity index (χ2n) is 5.73. The standard InChI is InChI=1S/C16H18N2O3/c19-10-11-7-8-18(9-11)13-3-1-12(2-4-13)14-5-6-15(20)17-16(14)21/h1-4,10-11,14H,5-9H2,(H,17,20,21). The first kappa shape index (κ1) is 13.8. The van der Waals surface area contributed by atoms with Crippen molar-refractivity contribution >= 4 is 23.8 Å². The Morgan fingerprint density at radius 1 is 1.14 bits per heavy atom. The molecule has 0 saturated carbocycles. The van der Waals surface area contributed by atoms with Crippen molar-refractivity contribution in [1.29, 1.82) is 0 Å². The zero-order valence-corrected chi connectivity index (χ0v) is 11.7. The van der Waals surface area contributed by atoms with E-state index in [2.05, 4.69) is 10.2 Å². The summed E-state index contributed by atoms with van der Waals surface area (Å²) >= 11 is 0. The molecule has 0 spiro atoms. The molecule has 0 aliphatic carbocycles. The number of aldehydes is 1. The fourth-order valence-electron chi connectivity index (χ4n) is 3.06. The molecule has 2 aliphatic rings. The number of imide groups is 1. The van der Waals surface area contributed by atoms with E-state index in [-0.39, 0.29) is 23.7 Å². The van der Waals surface area contributed by atoms with Crippen molar-refractivity contribution < 1.29 is 14.4 Å². The number of carbonyl (C=O) groups is 3. The molecule has 1 aromatic carbocycles. The Bertz CT molecular complexity index is 567. The molecule has 1 N–H and O–H groups in total. The number of nitrogens with zero attached hydrogens (tertiary/aromatic N) is 1. The third-order valence-corrected chi connectivity index (χ3v) is 4.32. The highest BCUT2D eigenvalue weighted by Crippen LogP contribution is 2.28. The molecule has 5 nitrogen and oxygen atoms in total. The van der Waals surface area contributed by atoms with Crippen LogP contribution in [0, 0.1) is 5.92 Å². The summed E-state index contributed by atoms with van der Waals surface area (Å²) in [6.07, 6.45) is 2.89. The lowest BCUT2D eigenvalue weighted by atomic mass is 9.90. The van der Waals surface area contributed by atoms with Crippen molar-refractivity contribution in [2.24, 2.45) is 5.92 Å². The highest BCUT2D eigenvalue weighted by Gasteiger charge is 2.28. The van der Waals surface area contributed by atoms with Crippen LogP contribution in [0.2, 0.25) is 0 Å². The minimum Gasteiger partial charge on any atom is -0.371 e. The van der Waals surface area contributed by atoms with Gasteiger partial charge in [-0.2, -0.15) is 0 Å². The van der Waals surface area contributed by atoms with Crippen LogP contribution in [0.4, 0.5) is 5.69 Å².